The molecule has 1 aromatic carbocycles. The minimum Gasteiger partial charge on any atom is -0.480 e. The first-order valence-electron chi connectivity index (χ1n) is 6.48. The predicted octanol–water partition coefficient (Wildman–Crippen LogP) is 2.82. The number of pyridine rings is 1. The standard InChI is InChI=1S/C16H17N3O2/c1-19(2)11-12-4-6-13(7-5-12)21-15-8-9-18-16(20-3)14(15)10-17/h4-9H,11H2,1-3H3. The Balaban J connectivity index is 2.21. The van der Waals surface area contributed by atoms with Gasteiger partial charge < -0.3 is 14.4 Å². The Morgan fingerprint density at radius 1 is 1.19 bits per heavy atom. The van der Waals surface area contributed by atoms with Crippen LogP contribution in [0, 0.1) is 11.3 Å². The fourth-order valence-corrected chi connectivity index (χ4v) is 1.92. The van der Waals surface area contributed by atoms with Gasteiger partial charge in [-0.25, -0.2) is 4.98 Å². The van der Waals surface area contributed by atoms with E-state index < -0.39 is 0 Å². The molecule has 0 atom stereocenters. The van der Waals surface area contributed by atoms with E-state index in [-0.39, 0.29) is 11.4 Å². The Labute approximate surface area is 124 Å². The van der Waals surface area contributed by atoms with Crippen molar-refractivity contribution in [1.29, 1.82) is 5.26 Å². The third-order valence-electron chi connectivity index (χ3n) is 2.83. The molecule has 0 amide bonds. The van der Waals surface area contributed by atoms with Gasteiger partial charge in [-0.3, -0.25) is 0 Å². The predicted molar refractivity (Wildman–Crippen MR) is 79.4 cm³/mol. The van der Waals surface area contributed by atoms with E-state index in [4.69, 9.17) is 9.47 Å². The molecule has 0 saturated heterocycles. The molecular weight excluding hydrogens is 266 g/mol. The number of methoxy groups -OCH3 is 1. The highest BCUT2D eigenvalue weighted by Crippen LogP contribution is 2.29. The molecule has 2 aromatic rings. The zero-order chi connectivity index (χ0) is 15.2. The molecular formula is C16H17N3O2. The van der Waals surface area contributed by atoms with Gasteiger partial charge in [-0.05, 0) is 31.8 Å². The Bertz CT molecular complexity index is 646. The fraction of sp³-hybridized carbons (Fsp3) is 0.250. The largest absolute Gasteiger partial charge is 0.480 e. The molecule has 0 fully saturated rings. The van der Waals surface area contributed by atoms with E-state index in [0.717, 1.165) is 6.54 Å². The number of rotatable bonds is 5. The number of nitrogens with zero attached hydrogens (tertiary/aromatic N) is 3. The van der Waals surface area contributed by atoms with Crippen molar-refractivity contribution in [1.82, 2.24) is 9.88 Å². The second-order valence-electron chi connectivity index (χ2n) is 4.79. The number of aromatic nitrogens is 1. The molecule has 0 N–H and O–H groups in total. The van der Waals surface area contributed by atoms with Crippen LogP contribution in [0.25, 0.3) is 0 Å². The van der Waals surface area contributed by atoms with Gasteiger partial charge in [-0.2, -0.15) is 5.26 Å². The quantitative estimate of drug-likeness (QED) is 0.844. The molecule has 21 heavy (non-hydrogen) atoms. The van der Waals surface area contributed by atoms with Crippen LogP contribution in [0.2, 0.25) is 0 Å². The maximum Gasteiger partial charge on any atom is 0.235 e. The van der Waals surface area contributed by atoms with Crippen molar-refractivity contribution in [2.75, 3.05) is 21.2 Å². The van der Waals surface area contributed by atoms with Gasteiger partial charge in [-0.15, -0.1) is 0 Å². The van der Waals surface area contributed by atoms with Crippen molar-refractivity contribution in [2.24, 2.45) is 0 Å². The van der Waals surface area contributed by atoms with E-state index in [1.165, 1.54) is 12.7 Å². The van der Waals surface area contributed by atoms with Crippen LogP contribution in [-0.2, 0) is 6.54 Å². The highest BCUT2D eigenvalue weighted by Gasteiger charge is 2.12. The highest BCUT2D eigenvalue weighted by molar-refractivity contribution is 5.50. The average Bonchev–Trinajstić information content (AvgIpc) is 2.48. The van der Waals surface area contributed by atoms with E-state index in [2.05, 4.69) is 16.0 Å². The molecule has 0 aliphatic heterocycles. The van der Waals surface area contributed by atoms with Gasteiger partial charge in [0.1, 0.15) is 11.8 Å². The minimum atomic E-state index is 0.263. The van der Waals surface area contributed by atoms with Crippen molar-refractivity contribution in [3.63, 3.8) is 0 Å². The topological polar surface area (TPSA) is 58.4 Å². The van der Waals surface area contributed by atoms with Crippen LogP contribution < -0.4 is 9.47 Å². The van der Waals surface area contributed by atoms with Crippen molar-refractivity contribution in [3.05, 3.63) is 47.7 Å². The molecule has 2 rings (SSSR count). The fourth-order valence-electron chi connectivity index (χ4n) is 1.92. The van der Waals surface area contributed by atoms with Crippen LogP contribution in [0.1, 0.15) is 11.1 Å². The van der Waals surface area contributed by atoms with E-state index in [1.54, 1.807) is 12.3 Å². The summed E-state index contributed by atoms with van der Waals surface area (Å²) >= 11 is 0. The molecule has 0 aliphatic rings. The maximum atomic E-state index is 9.20. The van der Waals surface area contributed by atoms with Crippen LogP contribution in [-0.4, -0.2) is 31.1 Å². The summed E-state index contributed by atoms with van der Waals surface area (Å²) in [5.74, 6) is 1.37. The van der Waals surface area contributed by atoms with Crippen LogP contribution in [0.15, 0.2) is 36.5 Å². The molecule has 5 nitrogen and oxygen atoms in total. The average molecular weight is 283 g/mol. The van der Waals surface area contributed by atoms with Gasteiger partial charge in [0.25, 0.3) is 0 Å². The maximum absolute atomic E-state index is 9.20. The van der Waals surface area contributed by atoms with Crippen molar-refractivity contribution >= 4 is 0 Å². The summed E-state index contributed by atoms with van der Waals surface area (Å²) < 4.78 is 10.8. The summed E-state index contributed by atoms with van der Waals surface area (Å²) in [6, 6.07) is 11.5. The molecule has 108 valence electrons. The molecule has 0 radical (unpaired) electrons. The first kappa shape index (κ1) is 14.8. The number of benzene rings is 1. The molecule has 0 spiro atoms. The molecule has 0 bridgehead atoms. The van der Waals surface area contributed by atoms with Crippen LogP contribution in [0.3, 0.4) is 0 Å². The summed E-state index contributed by atoms with van der Waals surface area (Å²) in [7, 11) is 5.52. The smallest absolute Gasteiger partial charge is 0.235 e. The minimum absolute atomic E-state index is 0.263. The Morgan fingerprint density at radius 3 is 2.48 bits per heavy atom. The Hall–Kier alpha value is -2.58. The first-order chi connectivity index (χ1) is 10.1. The summed E-state index contributed by atoms with van der Waals surface area (Å²) in [5, 5.41) is 9.20. The third kappa shape index (κ3) is 3.71. The van der Waals surface area contributed by atoms with E-state index in [9.17, 15) is 5.26 Å². The normalized spacial score (nSPS) is 10.2. The van der Waals surface area contributed by atoms with Gasteiger partial charge in [0.2, 0.25) is 5.88 Å². The summed E-state index contributed by atoms with van der Waals surface area (Å²) in [6.45, 7) is 0.868. The van der Waals surface area contributed by atoms with Crippen molar-refractivity contribution in [2.45, 2.75) is 6.54 Å². The number of hydrogen-bond donors (Lipinski definition) is 0. The lowest BCUT2D eigenvalue weighted by atomic mass is 10.2. The van der Waals surface area contributed by atoms with Crippen LogP contribution >= 0.6 is 0 Å². The Kier molecular flexibility index (Phi) is 4.75. The third-order valence-corrected chi connectivity index (χ3v) is 2.83. The first-order valence-corrected chi connectivity index (χ1v) is 6.48. The lowest BCUT2D eigenvalue weighted by Gasteiger charge is -2.11. The van der Waals surface area contributed by atoms with Crippen molar-refractivity contribution < 1.29 is 9.47 Å². The zero-order valence-corrected chi connectivity index (χ0v) is 12.3. The SMILES string of the molecule is COc1nccc(Oc2ccc(CN(C)C)cc2)c1C#N. The molecule has 0 saturated carbocycles. The highest BCUT2D eigenvalue weighted by atomic mass is 16.5. The van der Waals surface area contributed by atoms with Gasteiger partial charge in [-0.1, -0.05) is 12.1 Å². The van der Waals surface area contributed by atoms with Gasteiger partial charge in [0.15, 0.2) is 11.3 Å². The van der Waals surface area contributed by atoms with Crippen LogP contribution in [0.5, 0.6) is 17.4 Å². The molecule has 1 heterocycles. The lowest BCUT2D eigenvalue weighted by molar-refractivity contribution is 0.390. The second-order valence-corrected chi connectivity index (χ2v) is 4.79. The number of ether oxygens (including phenoxy) is 2. The van der Waals surface area contributed by atoms with Crippen LogP contribution in [0.4, 0.5) is 0 Å². The van der Waals surface area contributed by atoms with Gasteiger partial charge in [0.05, 0.1) is 7.11 Å². The van der Waals surface area contributed by atoms with E-state index >= 15 is 0 Å². The number of hydrogen-bond acceptors (Lipinski definition) is 5. The summed E-state index contributed by atoms with van der Waals surface area (Å²) in [6.07, 6.45) is 1.55. The molecule has 0 aliphatic carbocycles. The van der Waals surface area contributed by atoms with E-state index in [1.807, 2.05) is 38.4 Å². The van der Waals surface area contributed by atoms with Gasteiger partial charge in [0, 0.05) is 18.8 Å². The van der Waals surface area contributed by atoms with Gasteiger partial charge >= 0.3 is 0 Å². The monoisotopic (exact) mass is 283 g/mol. The summed E-state index contributed by atoms with van der Waals surface area (Å²) in [5.41, 5.74) is 1.48. The lowest BCUT2D eigenvalue weighted by Crippen LogP contribution is -2.10. The summed E-state index contributed by atoms with van der Waals surface area (Å²) in [4.78, 5) is 6.08. The molecule has 5 heteroatoms. The Morgan fingerprint density at radius 2 is 1.90 bits per heavy atom. The second kappa shape index (κ2) is 6.73. The number of nitriles is 1. The molecule has 1 aromatic heterocycles. The van der Waals surface area contributed by atoms with Crippen molar-refractivity contribution in [3.8, 4) is 23.4 Å². The van der Waals surface area contributed by atoms with E-state index in [0.29, 0.717) is 11.5 Å². The zero-order valence-electron chi connectivity index (χ0n) is 12.3. The molecule has 0 unspecified atom stereocenters.